The number of halogens is 1. The SMILES string of the molecule is Cc1c(Cl)cccc1NC(=O)c1ccc(Nc2cccc(C#N)c2)nn1. The van der Waals surface area contributed by atoms with Crippen molar-refractivity contribution in [3.8, 4) is 6.07 Å². The second kappa shape index (κ2) is 7.64. The van der Waals surface area contributed by atoms with Crippen LogP contribution in [0.5, 0.6) is 0 Å². The number of nitrogens with zero attached hydrogens (tertiary/aromatic N) is 3. The van der Waals surface area contributed by atoms with Gasteiger partial charge in [0, 0.05) is 16.4 Å². The molecule has 0 radical (unpaired) electrons. The molecule has 0 atom stereocenters. The molecule has 0 aliphatic rings. The highest BCUT2D eigenvalue weighted by molar-refractivity contribution is 6.31. The molecule has 1 aromatic heterocycles. The first-order valence-electron chi connectivity index (χ1n) is 7.74. The fraction of sp³-hybridized carbons (Fsp3) is 0.0526. The maximum atomic E-state index is 12.3. The minimum Gasteiger partial charge on any atom is -0.339 e. The number of hydrogen-bond acceptors (Lipinski definition) is 5. The highest BCUT2D eigenvalue weighted by Gasteiger charge is 2.11. The van der Waals surface area contributed by atoms with Crippen LogP contribution < -0.4 is 10.6 Å². The van der Waals surface area contributed by atoms with Crippen LogP contribution in [0, 0.1) is 18.3 Å². The Morgan fingerprint density at radius 2 is 1.92 bits per heavy atom. The Morgan fingerprint density at radius 1 is 1.12 bits per heavy atom. The number of rotatable bonds is 4. The van der Waals surface area contributed by atoms with Crippen LogP contribution in [-0.4, -0.2) is 16.1 Å². The molecule has 0 bridgehead atoms. The van der Waals surface area contributed by atoms with Gasteiger partial charge in [-0.1, -0.05) is 23.7 Å². The average molecular weight is 364 g/mol. The van der Waals surface area contributed by atoms with Gasteiger partial charge < -0.3 is 10.6 Å². The van der Waals surface area contributed by atoms with E-state index in [-0.39, 0.29) is 11.6 Å². The van der Waals surface area contributed by atoms with Crippen LogP contribution in [0.25, 0.3) is 0 Å². The molecule has 2 N–H and O–H groups in total. The molecule has 0 aliphatic carbocycles. The molecule has 6 nitrogen and oxygen atoms in total. The normalized spacial score (nSPS) is 10.0. The third-order valence-electron chi connectivity index (χ3n) is 3.68. The minimum atomic E-state index is -0.374. The summed E-state index contributed by atoms with van der Waals surface area (Å²) in [5.41, 5.74) is 2.84. The van der Waals surface area contributed by atoms with Gasteiger partial charge in [0.2, 0.25) is 0 Å². The first kappa shape index (κ1) is 17.4. The topological polar surface area (TPSA) is 90.7 Å². The van der Waals surface area contributed by atoms with Crippen molar-refractivity contribution in [1.29, 1.82) is 5.26 Å². The zero-order valence-electron chi connectivity index (χ0n) is 13.8. The summed E-state index contributed by atoms with van der Waals surface area (Å²) in [7, 11) is 0. The van der Waals surface area contributed by atoms with Crippen LogP contribution in [0.1, 0.15) is 21.6 Å². The number of nitriles is 1. The molecule has 0 unspecified atom stereocenters. The maximum Gasteiger partial charge on any atom is 0.276 e. The second-order valence-electron chi connectivity index (χ2n) is 5.49. The number of amides is 1. The summed E-state index contributed by atoms with van der Waals surface area (Å²) in [6.07, 6.45) is 0. The molecule has 0 spiro atoms. The minimum absolute atomic E-state index is 0.181. The van der Waals surface area contributed by atoms with Crippen LogP contribution in [0.3, 0.4) is 0 Å². The molecule has 0 aliphatic heterocycles. The fourth-order valence-electron chi connectivity index (χ4n) is 2.26. The van der Waals surface area contributed by atoms with Crippen LogP contribution in [0.15, 0.2) is 54.6 Å². The Balaban J connectivity index is 1.71. The Hall–Kier alpha value is -3.43. The molecule has 0 saturated heterocycles. The highest BCUT2D eigenvalue weighted by Crippen LogP contribution is 2.23. The smallest absolute Gasteiger partial charge is 0.276 e. The highest BCUT2D eigenvalue weighted by atomic mass is 35.5. The van der Waals surface area contributed by atoms with Crippen LogP contribution in [0.2, 0.25) is 5.02 Å². The maximum absolute atomic E-state index is 12.3. The molecular weight excluding hydrogens is 350 g/mol. The van der Waals surface area contributed by atoms with Gasteiger partial charge in [0.1, 0.15) is 0 Å². The fourth-order valence-corrected chi connectivity index (χ4v) is 2.44. The van der Waals surface area contributed by atoms with Gasteiger partial charge >= 0.3 is 0 Å². The molecule has 1 amide bonds. The molecule has 26 heavy (non-hydrogen) atoms. The van der Waals surface area contributed by atoms with E-state index in [9.17, 15) is 4.79 Å². The Bertz CT molecular complexity index is 996. The van der Waals surface area contributed by atoms with Crippen molar-refractivity contribution in [3.05, 3.63) is 76.4 Å². The van der Waals surface area contributed by atoms with Crippen molar-refractivity contribution < 1.29 is 4.79 Å². The molecule has 0 saturated carbocycles. The number of hydrogen-bond donors (Lipinski definition) is 2. The Kier molecular flexibility index (Phi) is 5.11. The van der Waals surface area contributed by atoms with Crippen molar-refractivity contribution >= 4 is 34.7 Å². The summed E-state index contributed by atoms with van der Waals surface area (Å²) >= 11 is 6.06. The largest absolute Gasteiger partial charge is 0.339 e. The molecule has 128 valence electrons. The van der Waals surface area contributed by atoms with E-state index in [0.717, 1.165) is 5.56 Å². The zero-order chi connectivity index (χ0) is 18.5. The lowest BCUT2D eigenvalue weighted by molar-refractivity contribution is 0.102. The predicted molar refractivity (Wildman–Crippen MR) is 101 cm³/mol. The summed E-state index contributed by atoms with van der Waals surface area (Å²) in [5, 5.41) is 23.3. The number of nitrogens with one attached hydrogen (secondary N) is 2. The first-order chi connectivity index (χ1) is 12.6. The first-order valence-corrected chi connectivity index (χ1v) is 8.12. The van der Waals surface area contributed by atoms with Crippen molar-refractivity contribution in [3.63, 3.8) is 0 Å². The van der Waals surface area contributed by atoms with E-state index in [2.05, 4.69) is 26.9 Å². The van der Waals surface area contributed by atoms with E-state index in [0.29, 0.717) is 27.8 Å². The number of aromatic nitrogens is 2. The number of carbonyl (C=O) groups is 1. The van der Waals surface area contributed by atoms with Crippen molar-refractivity contribution in [2.24, 2.45) is 0 Å². The summed E-state index contributed by atoms with van der Waals surface area (Å²) in [6, 6.07) is 17.6. The Labute approximate surface area is 155 Å². The third kappa shape index (κ3) is 3.97. The van der Waals surface area contributed by atoms with E-state index in [4.69, 9.17) is 16.9 Å². The summed E-state index contributed by atoms with van der Waals surface area (Å²) < 4.78 is 0. The van der Waals surface area contributed by atoms with Gasteiger partial charge in [0.05, 0.1) is 11.6 Å². The van der Waals surface area contributed by atoms with Gasteiger partial charge in [-0.2, -0.15) is 5.26 Å². The lowest BCUT2D eigenvalue weighted by Crippen LogP contribution is -2.15. The van der Waals surface area contributed by atoms with Gasteiger partial charge in [0.25, 0.3) is 5.91 Å². The van der Waals surface area contributed by atoms with E-state index in [1.54, 1.807) is 48.5 Å². The standard InChI is InChI=1S/C19H14ClN5O/c1-12-15(20)6-3-7-16(12)23-19(26)17-8-9-18(25-24-17)22-14-5-2-4-13(10-14)11-21/h2-10H,1H3,(H,22,25)(H,23,26). The van der Waals surface area contributed by atoms with Crippen LogP contribution >= 0.6 is 11.6 Å². The van der Waals surface area contributed by atoms with Gasteiger partial charge in [-0.3, -0.25) is 4.79 Å². The zero-order valence-corrected chi connectivity index (χ0v) is 14.6. The monoisotopic (exact) mass is 363 g/mol. The van der Waals surface area contributed by atoms with E-state index in [1.807, 2.05) is 13.0 Å². The van der Waals surface area contributed by atoms with Gasteiger partial charge in [-0.05, 0) is 55.0 Å². The molecule has 3 rings (SSSR count). The van der Waals surface area contributed by atoms with Crippen LogP contribution in [-0.2, 0) is 0 Å². The lowest BCUT2D eigenvalue weighted by atomic mass is 10.2. The summed E-state index contributed by atoms with van der Waals surface area (Å²) in [6.45, 7) is 1.83. The summed E-state index contributed by atoms with van der Waals surface area (Å²) in [4.78, 5) is 12.3. The third-order valence-corrected chi connectivity index (χ3v) is 4.09. The quantitative estimate of drug-likeness (QED) is 0.720. The molecule has 3 aromatic rings. The van der Waals surface area contributed by atoms with Crippen molar-refractivity contribution in [2.45, 2.75) is 6.92 Å². The molecule has 7 heteroatoms. The molecule has 2 aromatic carbocycles. The van der Waals surface area contributed by atoms with Crippen molar-refractivity contribution in [1.82, 2.24) is 10.2 Å². The summed E-state index contributed by atoms with van der Waals surface area (Å²) in [5.74, 6) is 0.0940. The molecular formula is C19H14ClN5O. The van der Waals surface area contributed by atoms with Gasteiger partial charge in [-0.25, -0.2) is 0 Å². The second-order valence-corrected chi connectivity index (χ2v) is 5.90. The number of anilines is 3. The van der Waals surface area contributed by atoms with Crippen LogP contribution in [0.4, 0.5) is 17.2 Å². The predicted octanol–water partition coefficient (Wildman–Crippen LogP) is 4.31. The van der Waals surface area contributed by atoms with Gasteiger partial charge in [-0.15, -0.1) is 10.2 Å². The van der Waals surface area contributed by atoms with E-state index in [1.165, 1.54) is 0 Å². The van der Waals surface area contributed by atoms with Gasteiger partial charge in [0.15, 0.2) is 11.5 Å². The molecule has 1 heterocycles. The molecule has 0 fully saturated rings. The van der Waals surface area contributed by atoms with E-state index < -0.39 is 0 Å². The lowest BCUT2D eigenvalue weighted by Gasteiger charge is -2.09. The van der Waals surface area contributed by atoms with E-state index >= 15 is 0 Å². The average Bonchev–Trinajstić information content (AvgIpc) is 2.66. The number of benzene rings is 2. The Morgan fingerprint density at radius 3 is 2.65 bits per heavy atom. The number of carbonyl (C=O) groups excluding carboxylic acids is 1. The van der Waals surface area contributed by atoms with Crippen molar-refractivity contribution in [2.75, 3.05) is 10.6 Å².